The van der Waals surface area contributed by atoms with Gasteiger partial charge in [-0.2, -0.15) is 0 Å². The van der Waals surface area contributed by atoms with Crippen molar-refractivity contribution in [3.63, 3.8) is 0 Å². The SMILES string of the molecule is CCC(CCl)NC(=O)c1cc(F)ccc1F. The summed E-state index contributed by atoms with van der Waals surface area (Å²) in [4.78, 5) is 11.6. The Morgan fingerprint density at radius 3 is 2.75 bits per heavy atom. The maximum Gasteiger partial charge on any atom is 0.254 e. The van der Waals surface area contributed by atoms with Gasteiger partial charge in [-0.3, -0.25) is 4.79 Å². The second-order valence-electron chi connectivity index (χ2n) is 3.36. The van der Waals surface area contributed by atoms with Gasteiger partial charge >= 0.3 is 0 Å². The number of hydrogen-bond donors (Lipinski definition) is 1. The maximum absolute atomic E-state index is 13.2. The molecule has 0 heterocycles. The Balaban J connectivity index is 2.83. The van der Waals surface area contributed by atoms with Gasteiger partial charge in [0.2, 0.25) is 0 Å². The van der Waals surface area contributed by atoms with Crippen molar-refractivity contribution in [2.45, 2.75) is 19.4 Å². The normalized spacial score (nSPS) is 12.2. The summed E-state index contributed by atoms with van der Waals surface area (Å²) < 4.78 is 26.1. The van der Waals surface area contributed by atoms with Crippen molar-refractivity contribution in [2.24, 2.45) is 0 Å². The Morgan fingerprint density at radius 1 is 1.50 bits per heavy atom. The van der Waals surface area contributed by atoms with Crippen LogP contribution in [-0.2, 0) is 0 Å². The summed E-state index contributed by atoms with van der Waals surface area (Å²) in [6.45, 7) is 1.84. The molecule has 0 saturated carbocycles. The lowest BCUT2D eigenvalue weighted by Crippen LogP contribution is -2.36. The topological polar surface area (TPSA) is 29.1 Å². The molecule has 16 heavy (non-hydrogen) atoms. The monoisotopic (exact) mass is 247 g/mol. The Labute approximate surface area is 97.6 Å². The second-order valence-corrected chi connectivity index (χ2v) is 3.67. The van der Waals surface area contributed by atoms with Crippen LogP contribution in [0.4, 0.5) is 8.78 Å². The first-order chi connectivity index (χ1) is 7.58. The largest absolute Gasteiger partial charge is 0.348 e. The van der Waals surface area contributed by atoms with Crippen molar-refractivity contribution in [2.75, 3.05) is 5.88 Å². The van der Waals surface area contributed by atoms with Gasteiger partial charge in [-0.05, 0) is 24.6 Å². The number of rotatable bonds is 4. The molecule has 88 valence electrons. The first kappa shape index (κ1) is 12.9. The molecule has 0 aliphatic carbocycles. The molecule has 1 N–H and O–H groups in total. The van der Waals surface area contributed by atoms with E-state index < -0.39 is 17.5 Å². The summed E-state index contributed by atoms with van der Waals surface area (Å²) in [6.07, 6.45) is 0.631. The van der Waals surface area contributed by atoms with Gasteiger partial charge in [0.1, 0.15) is 11.6 Å². The van der Waals surface area contributed by atoms with E-state index in [2.05, 4.69) is 5.32 Å². The van der Waals surface area contributed by atoms with Crippen LogP contribution in [-0.4, -0.2) is 17.8 Å². The Hall–Kier alpha value is -1.16. The highest BCUT2D eigenvalue weighted by Crippen LogP contribution is 2.10. The van der Waals surface area contributed by atoms with Gasteiger partial charge in [0, 0.05) is 11.9 Å². The Bertz CT molecular complexity index is 380. The van der Waals surface area contributed by atoms with Gasteiger partial charge in [0.25, 0.3) is 5.91 Å². The molecule has 0 bridgehead atoms. The van der Waals surface area contributed by atoms with E-state index in [1.54, 1.807) is 0 Å². The number of alkyl halides is 1. The van der Waals surface area contributed by atoms with E-state index in [1.807, 2.05) is 6.92 Å². The minimum Gasteiger partial charge on any atom is -0.348 e. The zero-order valence-electron chi connectivity index (χ0n) is 8.77. The first-order valence-electron chi connectivity index (χ1n) is 4.90. The van der Waals surface area contributed by atoms with Gasteiger partial charge in [-0.15, -0.1) is 11.6 Å². The molecule has 0 aliphatic rings. The highest BCUT2D eigenvalue weighted by Gasteiger charge is 2.15. The zero-order valence-corrected chi connectivity index (χ0v) is 9.52. The van der Waals surface area contributed by atoms with Gasteiger partial charge in [-0.1, -0.05) is 6.92 Å². The van der Waals surface area contributed by atoms with E-state index in [-0.39, 0.29) is 17.5 Å². The minimum absolute atomic E-state index is 0.235. The fourth-order valence-corrected chi connectivity index (χ4v) is 1.48. The fourth-order valence-electron chi connectivity index (χ4n) is 1.18. The molecule has 1 rings (SSSR count). The van der Waals surface area contributed by atoms with E-state index in [1.165, 1.54) is 0 Å². The standard InChI is InChI=1S/C11H12ClF2NO/c1-2-8(6-12)15-11(16)9-5-7(13)3-4-10(9)14/h3-5,8H,2,6H2,1H3,(H,15,16). The van der Waals surface area contributed by atoms with Crippen LogP contribution in [0.3, 0.4) is 0 Å². The third kappa shape index (κ3) is 3.17. The number of nitrogens with one attached hydrogen (secondary N) is 1. The van der Waals surface area contributed by atoms with Crippen molar-refractivity contribution in [1.29, 1.82) is 0 Å². The molecule has 0 saturated heterocycles. The van der Waals surface area contributed by atoms with Gasteiger partial charge in [-0.25, -0.2) is 8.78 Å². The lowest BCUT2D eigenvalue weighted by molar-refractivity contribution is 0.0935. The highest BCUT2D eigenvalue weighted by molar-refractivity contribution is 6.18. The number of amides is 1. The molecule has 0 spiro atoms. The van der Waals surface area contributed by atoms with Crippen LogP contribution in [0, 0.1) is 11.6 Å². The third-order valence-electron chi connectivity index (χ3n) is 2.19. The summed E-state index contributed by atoms with van der Waals surface area (Å²) in [5.41, 5.74) is -0.302. The fraction of sp³-hybridized carbons (Fsp3) is 0.364. The second kappa shape index (κ2) is 5.80. The highest BCUT2D eigenvalue weighted by atomic mass is 35.5. The van der Waals surface area contributed by atoms with Gasteiger partial charge in [0.05, 0.1) is 5.56 Å². The molecule has 0 aromatic heterocycles. The van der Waals surface area contributed by atoms with Crippen molar-refractivity contribution in [1.82, 2.24) is 5.32 Å². The predicted molar refractivity (Wildman–Crippen MR) is 58.6 cm³/mol. The van der Waals surface area contributed by atoms with E-state index in [4.69, 9.17) is 11.6 Å². The van der Waals surface area contributed by atoms with E-state index in [9.17, 15) is 13.6 Å². The molecule has 1 aromatic carbocycles. The number of halogens is 3. The molecule has 2 nitrogen and oxygen atoms in total. The van der Waals surface area contributed by atoms with Crippen LogP contribution < -0.4 is 5.32 Å². The molecule has 0 fully saturated rings. The lowest BCUT2D eigenvalue weighted by atomic mass is 10.1. The van der Waals surface area contributed by atoms with E-state index in [0.29, 0.717) is 6.42 Å². The molecule has 1 atom stereocenters. The van der Waals surface area contributed by atoms with Crippen LogP contribution in [0.1, 0.15) is 23.7 Å². The van der Waals surface area contributed by atoms with Crippen LogP contribution in [0.15, 0.2) is 18.2 Å². The van der Waals surface area contributed by atoms with Gasteiger partial charge in [0.15, 0.2) is 0 Å². The summed E-state index contributed by atoms with van der Waals surface area (Å²) in [5, 5.41) is 2.52. The van der Waals surface area contributed by atoms with Crippen LogP contribution in [0.2, 0.25) is 0 Å². The van der Waals surface area contributed by atoms with E-state index >= 15 is 0 Å². The summed E-state index contributed by atoms with van der Waals surface area (Å²) >= 11 is 5.59. The van der Waals surface area contributed by atoms with Crippen LogP contribution in [0.5, 0.6) is 0 Å². The number of carbonyl (C=O) groups is 1. The molecular weight excluding hydrogens is 236 g/mol. The molecule has 1 amide bonds. The van der Waals surface area contributed by atoms with Gasteiger partial charge < -0.3 is 5.32 Å². The molecule has 1 unspecified atom stereocenters. The Kier molecular flexibility index (Phi) is 4.68. The third-order valence-corrected chi connectivity index (χ3v) is 2.56. The quantitative estimate of drug-likeness (QED) is 0.815. The average molecular weight is 248 g/mol. The molecule has 1 aromatic rings. The van der Waals surface area contributed by atoms with E-state index in [0.717, 1.165) is 18.2 Å². The van der Waals surface area contributed by atoms with Crippen molar-refractivity contribution in [3.8, 4) is 0 Å². The number of hydrogen-bond acceptors (Lipinski definition) is 1. The summed E-state index contributed by atoms with van der Waals surface area (Å²) in [5.74, 6) is -1.81. The van der Waals surface area contributed by atoms with Crippen molar-refractivity contribution >= 4 is 17.5 Å². The average Bonchev–Trinajstić information content (AvgIpc) is 2.28. The maximum atomic E-state index is 13.2. The number of carbonyl (C=O) groups excluding carboxylic acids is 1. The molecule has 0 aliphatic heterocycles. The summed E-state index contributed by atoms with van der Waals surface area (Å²) in [6, 6.07) is 2.51. The first-order valence-corrected chi connectivity index (χ1v) is 5.43. The van der Waals surface area contributed by atoms with Crippen molar-refractivity contribution in [3.05, 3.63) is 35.4 Å². The molecule has 0 radical (unpaired) electrons. The zero-order chi connectivity index (χ0) is 12.1. The molecule has 5 heteroatoms. The van der Waals surface area contributed by atoms with Crippen molar-refractivity contribution < 1.29 is 13.6 Å². The van der Waals surface area contributed by atoms with Crippen LogP contribution in [0.25, 0.3) is 0 Å². The lowest BCUT2D eigenvalue weighted by Gasteiger charge is -2.13. The van der Waals surface area contributed by atoms with Crippen LogP contribution >= 0.6 is 11.6 Å². The Morgan fingerprint density at radius 2 is 2.19 bits per heavy atom. The summed E-state index contributed by atoms with van der Waals surface area (Å²) in [7, 11) is 0. The smallest absolute Gasteiger partial charge is 0.254 e. The molecular formula is C11H12ClF2NO. The number of benzene rings is 1. The minimum atomic E-state index is -0.747. The predicted octanol–water partition coefficient (Wildman–Crippen LogP) is 2.71.